The van der Waals surface area contributed by atoms with Gasteiger partial charge in [0.2, 0.25) is 11.8 Å². The highest BCUT2D eigenvalue weighted by Gasteiger charge is 2.42. The van der Waals surface area contributed by atoms with Crippen LogP contribution in [-0.4, -0.2) is 17.7 Å². The van der Waals surface area contributed by atoms with Gasteiger partial charge in [0.25, 0.3) is 5.91 Å². The predicted molar refractivity (Wildman–Crippen MR) is 110 cm³/mol. The van der Waals surface area contributed by atoms with E-state index in [2.05, 4.69) is 10.6 Å². The molecule has 1 atom stereocenters. The molecule has 6 heteroatoms. The number of carbonyl (C=O) groups excluding carboxylic acids is 3. The lowest BCUT2D eigenvalue weighted by atomic mass is 9.72. The smallest absolute Gasteiger partial charge is 0.256 e. The van der Waals surface area contributed by atoms with Crippen LogP contribution in [0.1, 0.15) is 65.4 Å². The normalized spacial score (nSPS) is 21.8. The van der Waals surface area contributed by atoms with Gasteiger partial charge in [-0.3, -0.25) is 19.7 Å². The molecule has 5 nitrogen and oxygen atoms in total. The molecule has 1 aromatic heterocycles. The molecule has 0 spiro atoms. The Morgan fingerprint density at radius 2 is 1.89 bits per heavy atom. The second kappa shape index (κ2) is 7.51. The van der Waals surface area contributed by atoms with E-state index in [9.17, 15) is 14.4 Å². The summed E-state index contributed by atoms with van der Waals surface area (Å²) in [6.45, 7) is 1.96. The number of piperidine rings is 1. The molecule has 146 valence electrons. The van der Waals surface area contributed by atoms with Crippen molar-refractivity contribution in [2.45, 2.75) is 57.3 Å². The Morgan fingerprint density at radius 3 is 2.61 bits per heavy atom. The van der Waals surface area contributed by atoms with E-state index in [-0.39, 0.29) is 17.7 Å². The molecule has 0 saturated carbocycles. The topological polar surface area (TPSA) is 75.3 Å². The number of amides is 3. The Kier molecular flexibility index (Phi) is 5.06. The van der Waals surface area contributed by atoms with E-state index >= 15 is 0 Å². The average Bonchev–Trinajstić information content (AvgIpc) is 3.14. The molecule has 0 radical (unpaired) electrons. The monoisotopic (exact) mass is 396 g/mol. The van der Waals surface area contributed by atoms with Crippen LogP contribution in [-0.2, 0) is 27.8 Å². The van der Waals surface area contributed by atoms with Crippen molar-refractivity contribution < 1.29 is 14.4 Å². The number of benzene rings is 1. The van der Waals surface area contributed by atoms with Gasteiger partial charge < -0.3 is 5.32 Å². The zero-order chi connectivity index (χ0) is 19.7. The third kappa shape index (κ3) is 3.26. The van der Waals surface area contributed by atoms with Crippen molar-refractivity contribution in [3.05, 3.63) is 51.2 Å². The molecule has 2 aliphatic rings. The first kappa shape index (κ1) is 18.9. The molecule has 2 heterocycles. The average molecular weight is 397 g/mol. The molecule has 1 aliphatic carbocycles. The van der Waals surface area contributed by atoms with Crippen molar-refractivity contribution in [3.8, 4) is 0 Å². The fourth-order valence-corrected chi connectivity index (χ4v) is 5.45. The zero-order valence-electron chi connectivity index (χ0n) is 16.0. The molecule has 4 rings (SSSR count). The van der Waals surface area contributed by atoms with Gasteiger partial charge in [0.15, 0.2) is 0 Å². The van der Waals surface area contributed by atoms with E-state index in [1.807, 2.05) is 36.6 Å². The number of anilines is 1. The molecule has 28 heavy (non-hydrogen) atoms. The van der Waals surface area contributed by atoms with Gasteiger partial charge in [-0.2, -0.15) is 0 Å². The highest BCUT2D eigenvalue weighted by molar-refractivity contribution is 7.10. The summed E-state index contributed by atoms with van der Waals surface area (Å²) in [6.07, 6.45) is 5.89. The molecule has 1 saturated heterocycles. The van der Waals surface area contributed by atoms with Crippen molar-refractivity contribution >= 4 is 34.7 Å². The summed E-state index contributed by atoms with van der Waals surface area (Å²) < 4.78 is 0. The van der Waals surface area contributed by atoms with Crippen molar-refractivity contribution in [1.29, 1.82) is 0 Å². The quantitative estimate of drug-likeness (QED) is 0.768. The number of carbonyl (C=O) groups is 3. The number of fused-ring (bicyclic) bond motifs is 1. The van der Waals surface area contributed by atoms with Crippen LogP contribution in [0.15, 0.2) is 29.6 Å². The van der Waals surface area contributed by atoms with Crippen LogP contribution < -0.4 is 10.6 Å². The number of hydrogen-bond acceptors (Lipinski definition) is 4. The summed E-state index contributed by atoms with van der Waals surface area (Å²) in [5.41, 5.74) is 2.91. The molecule has 0 bridgehead atoms. The van der Waals surface area contributed by atoms with Crippen LogP contribution in [0.4, 0.5) is 5.69 Å². The molecule has 2 N–H and O–H groups in total. The van der Waals surface area contributed by atoms with Crippen LogP contribution in [0.2, 0.25) is 0 Å². The minimum Gasteiger partial charge on any atom is -0.322 e. The number of imide groups is 1. The Labute approximate surface area is 168 Å². The predicted octanol–water partition coefficient (Wildman–Crippen LogP) is 3.96. The van der Waals surface area contributed by atoms with E-state index in [0.29, 0.717) is 24.9 Å². The van der Waals surface area contributed by atoms with Crippen molar-refractivity contribution in [2.24, 2.45) is 0 Å². The number of rotatable bonds is 4. The summed E-state index contributed by atoms with van der Waals surface area (Å²) in [6, 6.07) is 7.45. The third-order valence-electron chi connectivity index (χ3n) is 6.07. The summed E-state index contributed by atoms with van der Waals surface area (Å²) >= 11 is 1.68. The number of nitrogens with one attached hydrogen (secondary N) is 2. The summed E-state index contributed by atoms with van der Waals surface area (Å²) in [5.74, 6) is -0.511. The van der Waals surface area contributed by atoms with E-state index < -0.39 is 5.41 Å². The molecular weight excluding hydrogens is 372 g/mol. The fourth-order valence-electron chi connectivity index (χ4n) is 4.32. The van der Waals surface area contributed by atoms with Crippen molar-refractivity contribution in [3.63, 3.8) is 0 Å². The highest BCUT2D eigenvalue weighted by Crippen LogP contribution is 2.36. The van der Waals surface area contributed by atoms with Gasteiger partial charge in [-0.25, -0.2) is 0 Å². The van der Waals surface area contributed by atoms with Crippen molar-refractivity contribution in [2.75, 3.05) is 5.32 Å². The fraction of sp³-hybridized carbons (Fsp3) is 0.409. The molecule has 1 aromatic carbocycles. The van der Waals surface area contributed by atoms with Gasteiger partial charge in [-0.1, -0.05) is 19.1 Å². The second-order valence-electron chi connectivity index (χ2n) is 7.60. The first-order valence-corrected chi connectivity index (χ1v) is 10.8. The number of aryl methyl sites for hydroxylation is 1. The minimum atomic E-state index is -0.678. The number of hydrogen-bond donors (Lipinski definition) is 2. The van der Waals surface area contributed by atoms with E-state index in [1.54, 1.807) is 11.3 Å². The maximum Gasteiger partial charge on any atom is 0.256 e. The standard InChI is InChI=1S/C22H24N2O3S/c1-2-22(12-11-19(25)24-21(22)27)14-7-9-15(10-8-14)23-20(26)17-13-28-18-6-4-3-5-16(17)18/h7-10,13H,2-6,11-12H2,1H3,(H,23,26)(H,24,25,27). The van der Waals surface area contributed by atoms with Gasteiger partial charge in [0.05, 0.1) is 11.0 Å². The summed E-state index contributed by atoms with van der Waals surface area (Å²) in [7, 11) is 0. The Morgan fingerprint density at radius 1 is 1.14 bits per heavy atom. The first-order chi connectivity index (χ1) is 13.5. The Balaban J connectivity index is 1.52. The third-order valence-corrected chi connectivity index (χ3v) is 7.16. The highest BCUT2D eigenvalue weighted by atomic mass is 32.1. The van der Waals surface area contributed by atoms with Crippen LogP contribution in [0, 0.1) is 0 Å². The van der Waals surface area contributed by atoms with Gasteiger partial charge in [0, 0.05) is 22.4 Å². The van der Waals surface area contributed by atoms with Crippen LogP contribution in [0.3, 0.4) is 0 Å². The molecule has 2 aromatic rings. The van der Waals surface area contributed by atoms with Gasteiger partial charge in [-0.15, -0.1) is 11.3 Å². The lowest BCUT2D eigenvalue weighted by Gasteiger charge is -2.35. The first-order valence-electron chi connectivity index (χ1n) is 9.89. The Hall–Kier alpha value is -2.47. The lowest BCUT2D eigenvalue weighted by molar-refractivity contribution is -0.138. The summed E-state index contributed by atoms with van der Waals surface area (Å²) in [4.78, 5) is 38.1. The molecular formula is C22H24N2O3S. The zero-order valence-corrected chi connectivity index (χ0v) is 16.8. The maximum absolute atomic E-state index is 12.7. The van der Waals surface area contributed by atoms with Crippen molar-refractivity contribution in [1.82, 2.24) is 5.32 Å². The van der Waals surface area contributed by atoms with Gasteiger partial charge in [0.1, 0.15) is 0 Å². The molecule has 1 aliphatic heterocycles. The SMILES string of the molecule is CCC1(c2ccc(NC(=O)c3csc4c3CCCC4)cc2)CCC(=O)NC1=O. The Bertz CT molecular complexity index is 932. The van der Waals surface area contributed by atoms with Crippen LogP contribution in [0.5, 0.6) is 0 Å². The molecule has 3 amide bonds. The van der Waals surface area contributed by atoms with Gasteiger partial charge in [-0.05, 0) is 61.8 Å². The maximum atomic E-state index is 12.7. The molecule has 1 unspecified atom stereocenters. The second-order valence-corrected chi connectivity index (χ2v) is 8.57. The van der Waals surface area contributed by atoms with E-state index in [0.717, 1.165) is 30.4 Å². The number of thiophene rings is 1. The van der Waals surface area contributed by atoms with Crippen LogP contribution >= 0.6 is 11.3 Å². The van der Waals surface area contributed by atoms with Gasteiger partial charge >= 0.3 is 0 Å². The largest absolute Gasteiger partial charge is 0.322 e. The van der Waals surface area contributed by atoms with E-state index in [4.69, 9.17) is 0 Å². The minimum absolute atomic E-state index is 0.0710. The lowest BCUT2D eigenvalue weighted by Crippen LogP contribution is -2.51. The van der Waals surface area contributed by atoms with E-state index in [1.165, 1.54) is 16.9 Å². The van der Waals surface area contributed by atoms with Crippen LogP contribution in [0.25, 0.3) is 0 Å². The molecule has 1 fully saturated rings. The summed E-state index contributed by atoms with van der Waals surface area (Å²) in [5, 5.41) is 7.42.